The molecule has 2 heterocycles. The smallest absolute Gasteiger partial charge is 0.220 e. The van der Waals surface area contributed by atoms with Gasteiger partial charge in [-0.25, -0.2) is 0 Å². The predicted molar refractivity (Wildman–Crippen MR) is 110 cm³/mol. The van der Waals surface area contributed by atoms with Gasteiger partial charge in [-0.2, -0.15) is 0 Å². The molecule has 27 heavy (non-hydrogen) atoms. The monoisotopic (exact) mass is 363 g/mol. The van der Waals surface area contributed by atoms with Crippen molar-refractivity contribution in [3.05, 3.63) is 65.7 Å². The number of nitrogens with one attached hydrogen (secondary N) is 1. The molecule has 0 aromatic heterocycles. The lowest BCUT2D eigenvalue weighted by molar-refractivity contribution is -0.122. The number of amides is 1. The van der Waals surface area contributed by atoms with E-state index in [0.29, 0.717) is 12.5 Å². The van der Waals surface area contributed by atoms with Crippen molar-refractivity contribution < 1.29 is 4.79 Å². The number of benzene rings is 2. The molecular weight excluding hydrogens is 334 g/mol. The maximum Gasteiger partial charge on any atom is 0.220 e. The largest absolute Gasteiger partial charge is 0.371 e. The van der Waals surface area contributed by atoms with Gasteiger partial charge in [0.1, 0.15) is 0 Å². The Morgan fingerprint density at radius 1 is 0.926 bits per heavy atom. The zero-order chi connectivity index (χ0) is 18.5. The number of carbonyl (C=O) groups is 1. The summed E-state index contributed by atoms with van der Waals surface area (Å²) in [4.78, 5) is 17.2. The molecule has 2 aromatic carbocycles. The fourth-order valence-electron chi connectivity index (χ4n) is 4.25. The molecular formula is C23H29N3O. The highest BCUT2D eigenvalue weighted by molar-refractivity contribution is 5.76. The fourth-order valence-corrected chi connectivity index (χ4v) is 4.25. The number of piperidine rings is 1. The Balaban J connectivity index is 1.14. The van der Waals surface area contributed by atoms with Crippen molar-refractivity contribution in [2.75, 3.05) is 24.5 Å². The van der Waals surface area contributed by atoms with Gasteiger partial charge in [0, 0.05) is 44.3 Å². The van der Waals surface area contributed by atoms with E-state index < -0.39 is 0 Å². The fraction of sp³-hybridized carbons (Fsp3) is 0.435. The molecule has 2 aromatic rings. The Bertz CT molecular complexity index is 728. The van der Waals surface area contributed by atoms with E-state index >= 15 is 0 Å². The van der Waals surface area contributed by atoms with Crippen LogP contribution in [0.3, 0.4) is 0 Å². The number of rotatable bonds is 6. The van der Waals surface area contributed by atoms with Crippen molar-refractivity contribution >= 4 is 11.6 Å². The first-order valence-corrected chi connectivity index (χ1v) is 10.2. The van der Waals surface area contributed by atoms with E-state index in [0.717, 1.165) is 52.0 Å². The van der Waals surface area contributed by atoms with Gasteiger partial charge >= 0.3 is 0 Å². The lowest BCUT2D eigenvalue weighted by Crippen LogP contribution is -2.44. The van der Waals surface area contributed by atoms with Crippen LogP contribution >= 0.6 is 0 Å². The van der Waals surface area contributed by atoms with Crippen LogP contribution in [0, 0.1) is 0 Å². The van der Waals surface area contributed by atoms with E-state index in [4.69, 9.17) is 0 Å². The van der Waals surface area contributed by atoms with Gasteiger partial charge in [0.25, 0.3) is 0 Å². The second-order valence-corrected chi connectivity index (χ2v) is 7.75. The Morgan fingerprint density at radius 2 is 1.56 bits per heavy atom. The SMILES string of the molecule is O=C(CCCN1Cc2ccccc2C1)NC1CCN(c2ccccc2)CC1. The first kappa shape index (κ1) is 18.1. The molecule has 2 aliphatic heterocycles. The lowest BCUT2D eigenvalue weighted by Gasteiger charge is -2.34. The Morgan fingerprint density at radius 3 is 2.22 bits per heavy atom. The standard InChI is InChI=1S/C23H29N3O/c27-23(11-6-14-25-17-19-7-4-5-8-20(19)18-25)24-21-12-15-26(16-13-21)22-9-2-1-3-10-22/h1-5,7-10,21H,6,11-18H2,(H,24,27). The van der Waals surface area contributed by atoms with Gasteiger partial charge in [-0.1, -0.05) is 42.5 Å². The van der Waals surface area contributed by atoms with E-state index in [1.165, 1.54) is 16.8 Å². The number of carbonyl (C=O) groups excluding carboxylic acids is 1. The van der Waals surface area contributed by atoms with Crippen molar-refractivity contribution in [1.82, 2.24) is 10.2 Å². The van der Waals surface area contributed by atoms with E-state index in [2.05, 4.69) is 69.7 Å². The van der Waals surface area contributed by atoms with E-state index in [9.17, 15) is 4.79 Å². The second-order valence-electron chi connectivity index (χ2n) is 7.75. The third-order valence-corrected chi connectivity index (χ3v) is 5.77. The number of hydrogen-bond acceptors (Lipinski definition) is 3. The molecule has 4 nitrogen and oxygen atoms in total. The summed E-state index contributed by atoms with van der Waals surface area (Å²) in [5.74, 6) is 0.213. The van der Waals surface area contributed by atoms with Gasteiger partial charge in [-0.15, -0.1) is 0 Å². The molecule has 1 saturated heterocycles. The summed E-state index contributed by atoms with van der Waals surface area (Å²) in [7, 11) is 0. The zero-order valence-electron chi connectivity index (χ0n) is 15.9. The summed E-state index contributed by atoms with van der Waals surface area (Å²) in [6, 6.07) is 19.5. The second kappa shape index (κ2) is 8.57. The molecule has 0 bridgehead atoms. The van der Waals surface area contributed by atoms with Crippen LogP contribution < -0.4 is 10.2 Å². The van der Waals surface area contributed by atoms with Crippen LogP contribution in [0.1, 0.15) is 36.8 Å². The highest BCUT2D eigenvalue weighted by Gasteiger charge is 2.21. The lowest BCUT2D eigenvalue weighted by atomic mass is 10.0. The zero-order valence-corrected chi connectivity index (χ0v) is 15.9. The Hall–Kier alpha value is -2.33. The van der Waals surface area contributed by atoms with Crippen molar-refractivity contribution in [1.29, 1.82) is 0 Å². The molecule has 4 heteroatoms. The van der Waals surface area contributed by atoms with Crippen LogP contribution in [0.15, 0.2) is 54.6 Å². The predicted octanol–water partition coefficient (Wildman–Crippen LogP) is 3.57. The third kappa shape index (κ3) is 4.69. The molecule has 0 unspecified atom stereocenters. The van der Waals surface area contributed by atoms with Gasteiger partial charge in [0.15, 0.2) is 0 Å². The average molecular weight is 364 g/mol. The average Bonchev–Trinajstić information content (AvgIpc) is 3.12. The minimum atomic E-state index is 0.213. The molecule has 142 valence electrons. The molecule has 1 amide bonds. The first-order chi connectivity index (χ1) is 13.3. The highest BCUT2D eigenvalue weighted by Crippen LogP contribution is 2.22. The third-order valence-electron chi connectivity index (χ3n) is 5.77. The molecule has 1 N–H and O–H groups in total. The maximum atomic E-state index is 12.3. The quantitative estimate of drug-likeness (QED) is 0.852. The molecule has 0 aliphatic carbocycles. The molecule has 0 spiro atoms. The van der Waals surface area contributed by atoms with Gasteiger partial charge in [-0.05, 0) is 49.1 Å². The normalized spacial score (nSPS) is 17.7. The Kier molecular flexibility index (Phi) is 5.73. The minimum Gasteiger partial charge on any atom is -0.371 e. The van der Waals surface area contributed by atoms with Crippen molar-refractivity contribution in [3.8, 4) is 0 Å². The van der Waals surface area contributed by atoms with Crippen LogP contribution in [-0.2, 0) is 17.9 Å². The molecule has 2 aliphatic rings. The number of anilines is 1. The van der Waals surface area contributed by atoms with Crippen LogP contribution in [0.5, 0.6) is 0 Å². The molecule has 0 radical (unpaired) electrons. The number of para-hydroxylation sites is 1. The summed E-state index contributed by atoms with van der Waals surface area (Å²) in [6.45, 7) is 5.07. The van der Waals surface area contributed by atoms with Gasteiger partial charge in [-0.3, -0.25) is 9.69 Å². The number of fused-ring (bicyclic) bond motifs is 1. The minimum absolute atomic E-state index is 0.213. The summed E-state index contributed by atoms with van der Waals surface area (Å²) in [6.07, 6.45) is 3.62. The highest BCUT2D eigenvalue weighted by atomic mass is 16.1. The topological polar surface area (TPSA) is 35.6 Å². The first-order valence-electron chi connectivity index (χ1n) is 10.2. The Labute approximate surface area is 162 Å². The van der Waals surface area contributed by atoms with Crippen LogP contribution in [-0.4, -0.2) is 36.5 Å². The van der Waals surface area contributed by atoms with E-state index in [1.807, 2.05) is 0 Å². The van der Waals surface area contributed by atoms with Crippen LogP contribution in [0.4, 0.5) is 5.69 Å². The van der Waals surface area contributed by atoms with Crippen molar-refractivity contribution in [2.45, 2.75) is 44.8 Å². The van der Waals surface area contributed by atoms with Crippen molar-refractivity contribution in [3.63, 3.8) is 0 Å². The summed E-state index contributed by atoms with van der Waals surface area (Å²) in [5, 5.41) is 3.25. The number of nitrogens with zero attached hydrogens (tertiary/aromatic N) is 2. The molecule has 0 saturated carbocycles. The van der Waals surface area contributed by atoms with Crippen LogP contribution in [0.2, 0.25) is 0 Å². The van der Waals surface area contributed by atoms with Gasteiger partial charge in [0.05, 0.1) is 0 Å². The number of hydrogen-bond donors (Lipinski definition) is 1. The van der Waals surface area contributed by atoms with E-state index in [1.54, 1.807) is 0 Å². The molecule has 0 atom stereocenters. The summed E-state index contributed by atoms with van der Waals surface area (Å²) in [5.41, 5.74) is 4.16. The van der Waals surface area contributed by atoms with E-state index in [-0.39, 0.29) is 5.91 Å². The van der Waals surface area contributed by atoms with Gasteiger partial charge < -0.3 is 10.2 Å². The maximum absolute atomic E-state index is 12.3. The summed E-state index contributed by atoms with van der Waals surface area (Å²) >= 11 is 0. The van der Waals surface area contributed by atoms with Crippen LogP contribution in [0.25, 0.3) is 0 Å². The molecule has 4 rings (SSSR count). The summed E-state index contributed by atoms with van der Waals surface area (Å²) < 4.78 is 0. The molecule has 1 fully saturated rings. The van der Waals surface area contributed by atoms with Crippen molar-refractivity contribution in [2.24, 2.45) is 0 Å². The van der Waals surface area contributed by atoms with Gasteiger partial charge in [0.2, 0.25) is 5.91 Å².